The zero-order valence-corrected chi connectivity index (χ0v) is 9.22. The molecule has 2 aliphatic rings. The highest BCUT2D eigenvalue weighted by Gasteiger charge is 2.50. The van der Waals surface area contributed by atoms with Gasteiger partial charge in [-0.1, -0.05) is 0 Å². The molecule has 15 heavy (non-hydrogen) atoms. The summed E-state index contributed by atoms with van der Waals surface area (Å²) in [7, 11) is -3.26. The van der Waals surface area contributed by atoms with Crippen LogP contribution in [0.3, 0.4) is 0 Å². The van der Waals surface area contributed by atoms with Gasteiger partial charge in [0.05, 0.1) is 11.2 Å². The van der Waals surface area contributed by atoms with Crippen LogP contribution in [-0.2, 0) is 14.8 Å². The van der Waals surface area contributed by atoms with Gasteiger partial charge in [-0.2, -0.15) is 0 Å². The molecular weight excluding hydrogens is 218 g/mol. The van der Waals surface area contributed by atoms with Crippen molar-refractivity contribution in [2.75, 3.05) is 12.3 Å². The zero-order valence-electron chi connectivity index (χ0n) is 8.40. The van der Waals surface area contributed by atoms with Crippen LogP contribution >= 0.6 is 0 Å². The van der Waals surface area contributed by atoms with Crippen molar-refractivity contribution >= 4 is 16.0 Å². The van der Waals surface area contributed by atoms with Crippen LogP contribution < -0.4 is 4.72 Å². The highest BCUT2D eigenvalue weighted by molar-refractivity contribution is 7.89. The summed E-state index contributed by atoms with van der Waals surface area (Å²) in [4.78, 5) is 10.8. The van der Waals surface area contributed by atoms with Crippen LogP contribution in [0, 0.1) is 11.3 Å². The second kappa shape index (κ2) is 3.45. The molecule has 0 heterocycles. The van der Waals surface area contributed by atoms with Gasteiger partial charge in [-0.05, 0) is 31.6 Å². The van der Waals surface area contributed by atoms with Crippen LogP contribution in [-0.4, -0.2) is 31.8 Å². The predicted octanol–water partition coefficient (Wildman–Crippen LogP) is 0.181. The first-order valence-corrected chi connectivity index (χ1v) is 6.80. The summed E-state index contributed by atoms with van der Waals surface area (Å²) in [6.45, 7) is 0.0530. The Kier molecular flexibility index (Phi) is 2.50. The molecule has 2 N–H and O–H groups in total. The smallest absolute Gasteiger partial charge is 0.310 e. The molecule has 0 atom stereocenters. The lowest BCUT2D eigenvalue weighted by Gasteiger charge is -2.11. The molecule has 2 fully saturated rings. The maximum atomic E-state index is 11.5. The van der Waals surface area contributed by atoms with E-state index < -0.39 is 21.4 Å². The van der Waals surface area contributed by atoms with Crippen molar-refractivity contribution in [3.05, 3.63) is 0 Å². The minimum Gasteiger partial charge on any atom is -0.481 e. The number of nitrogens with one attached hydrogen (secondary N) is 1. The number of carbonyl (C=O) groups is 1. The quantitative estimate of drug-likeness (QED) is 0.685. The van der Waals surface area contributed by atoms with E-state index in [0.29, 0.717) is 18.8 Å². The van der Waals surface area contributed by atoms with E-state index >= 15 is 0 Å². The van der Waals surface area contributed by atoms with Gasteiger partial charge >= 0.3 is 5.97 Å². The summed E-state index contributed by atoms with van der Waals surface area (Å²) >= 11 is 0. The summed E-state index contributed by atoms with van der Waals surface area (Å²) in [5.41, 5.74) is -0.809. The van der Waals surface area contributed by atoms with Crippen LogP contribution in [0.4, 0.5) is 0 Å². The molecule has 0 spiro atoms. The fraction of sp³-hybridized carbons (Fsp3) is 0.889. The second-order valence-corrected chi connectivity index (χ2v) is 6.48. The number of carboxylic acids is 1. The summed E-state index contributed by atoms with van der Waals surface area (Å²) in [5.74, 6) is -0.443. The van der Waals surface area contributed by atoms with Crippen molar-refractivity contribution in [3.63, 3.8) is 0 Å². The first kappa shape index (κ1) is 10.9. The van der Waals surface area contributed by atoms with Gasteiger partial charge in [0.1, 0.15) is 0 Å². The molecule has 0 amide bonds. The minimum absolute atomic E-state index is 0.0530. The minimum atomic E-state index is -3.26. The highest BCUT2D eigenvalue weighted by atomic mass is 32.2. The third kappa shape index (κ3) is 2.69. The Morgan fingerprint density at radius 2 is 2.00 bits per heavy atom. The first-order chi connectivity index (χ1) is 6.94. The Hall–Kier alpha value is -0.620. The fourth-order valence-corrected chi connectivity index (χ4v) is 3.09. The Balaban J connectivity index is 1.84. The van der Waals surface area contributed by atoms with Crippen molar-refractivity contribution in [3.8, 4) is 0 Å². The van der Waals surface area contributed by atoms with Gasteiger partial charge in [0.25, 0.3) is 0 Å². The SMILES string of the molecule is O=C(O)C1(CNS(=O)(=O)CC2CC2)CC1. The van der Waals surface area contributed by atoms with Crippen molar-refractivity contribution < 1.29 is 18.3 Å². The maximum Gasteiger partial charge on any atom is 0.310 e. The van der Waals surface area contributed by atoms with E-state index in [4.69, 9.17) is 5.11 Å². The largest absolute Gasteiger partial charge is 0.481 e. The number of sulfonamides is 1. The molecule has 2 aliphatic carbocycles. The standard InChI is InChI=1S/C9H15NO4S/c11-8(12)9(3-4-9)6-10-15(13,14)5-7-1-2-7/h7,10H,1-6H2,(H,11,12). The van der Waals surface area contributed by atoms with E-state index in [9.17, 15) is 13.2 Å². The zero-order chi connectivity index (χ0) is 11.1. The number of hydrogen-bond acceptors (Lipinski definition) is 3. The van der Waals surface area contributed by atoms with Crippen LogP contribution in [0.5, 0.6) is 0 Å². The van der Waals surface area contributed by atoms with Crippen molar-refractivity contribution in [2.45, 2.75) is 25.7 Å². The average Bonchev–Trinajstić information content (AvgIpc) is 2.95. The Bertz CT molecular complexity index is 368. The van der Waals surface area contributed by atoms with Crippen LogP contribution in [0.1, 0.15) is 25.7 Å². The number of aliphatic carboxylic acids is 1. The molecule has 0 aromatic carbocycles. The second-order valence-electron chi connectivity index (χ2n) is 4.63. The molecule has 0 unspecified atom stereocenters. The molecule has 6 heteroatoms. The normalized spacial score (nSPS) is 23.7. The maximum absolute atomic E-state index is 11.5. The Morgan fingerprint density at radius 1 is 1.40 bits per heavy atom. The van der Waals surface area contributed by atoms with Gasteiger partial charge in [0, 0.05) is 6.54 Å². The highest BCUT2D eigenvalue weighted by Crippen LogP contribution is 2.45. The molecule has 5 nitrogen and oxygen atoms in total. The number of rotatable bonds is 6. The molecule has 2 saturated carbocycles. The van der Waals surface area contributed by atoms with E-state index in [1.807, 2.05) is 0 Å². The number of hydrogen-bond donors (Lipinski definition) is 2. The third-order valence-corrected chi connectivity index (χ3v) is 4.58. The van der Waals surface area contributed by atoms with Gasteiger partial charge in [0.2, 0.25) is 10.0 Å². The van der Waals surface area contributed by atoms with Gasteiger partial charge < -0.3 is 5.11 Å². The first-order valence-electron chi connectivity index (χ1n) is 5.14. The molecule has 0 saturated heterocycles. The lowest BCUT2D eigenvalue weighted by molar-refractivity contribution is -0.142. The molecule has 0 aromatic rings. The van der Waals surface area contributed by atoms with Gasteiger partial charge in [-0.25, -0.2) is 13.1 Å². The van der Waals surface area contributed by atoms with Crippen LogP contribution in [0.15, 0.2) is 0 Å². The Labute approximate surface area is 88.9 Å². The van der Waals surface area contributed by atoms with Crippen molar-refractivity contribution in [1.82, 2.24) is 4.72 Å². The van der Waals surface area contributed by atoms with Crippen molar-refractivity contribution in [2.24, 2.45) is 11.3 Å². The summed E-state index contributed by atoms with van der Waals surface area (Å²) < 4.78 is 25.4. The average molecular weight is 233 g/mol. The third-order valence-electron chi connectivity index (χ3n) is 3.09. The van der Waals surface area contributed by atoms with Crippen molar-refractivity contribution in [1.29, 1.82) is 0 Å². The number of carboxylic acid groups (broad SMARTS) is 1. The topological polar surface area (TPSA) is 83.5 Å². The predicted molar refractivity (Wildman–Crippen MR) is 53.8 cm³/mol. The van der Waals surface area contributed by atoms with Gasteiger partial charge in [0.15, 0.2) is 0 Å². The molecule has 0 radical (unpaired) electrons. The van der Waals surface area contributed by atoms with E-state index in [2.05, 4.69) is 4.72 Å². The lowest BCUT2D eigenvalue weighted by Crippen LogP contribution is -2.35. The van der Waals surface area contributed by atoms with Gasteiger partial charge in [-0.15, -0.1) is 0 Å². The van der Waals surface area contributed by atoms with Gasteiger partial charge in [-0.3, -0.25) is 4.79 Å². The van der Waals surface area contributed by atoms with E-state index in [1.54, 1.807) is 0 Å². The van der Waals surface area contributed by atoms with E-state index in [1.165, 1.54) is 0 Å². The van der Waals surface area contributed by atoms with E-state index in [-0.39, 0.29) is 12.3 Å². The van der Waals surface area contributed by atoms with E-state index in [0.717, 1.165) is 12.8 Å². The molecule has 86 valence electrons. The van der Waals surface area contributed by atoms with Crippen LogP contribution in [0.25, 0.3) is 0 Å². The fourth-order valence-electron chi connectivity index (χ4n) is 1.52. The molecule has 2 rings (SSSR count). The summed E-state index contributed by atoms with van der Waals surface area (Å²) in [5, 5.41) is 8.86. The molecule has 0 aliphatic heterocycles. The van der Waals surface area contributed by atoms with Crippen LogP contribution in [0.2, 0.25) is 0 Å². The molecule has 0 bridgehead atoms. The Morgan fingerprint density at radius 3 is 2.40 bits per heavy atom. The summed E-state index contributed by atoms with van der Waals surface area (Å²) in [6.07, 6.45) is 3.11. The molecule has 0 aromatic heterocycles. The molecular formula is C9H15NO4S. The monoisotopic (exact) mass is 233 g/mol. The lowest BCUT2D eigenvalue weighted by atomic mass is 10.1. The summed E-state index contributed by atoms with van der Waals surface area (Å²) in [6, 6.07) is 0.